The zero-order valence-corrected chi connectivity index (χ0v) is 15.2. The lowest BCUT2D eigenvalue weighted by Crippen LogP contribution is -2.37. The average molecular weight is 410 g/mol. The Morgan fingerprint density at radius 1 is 1.07 bits per heavy atom. The van der Waals surface area contributed by atoms with Gasteiger partial charge in [0.15, 0.2) is 11.6 Å². The van der Waals surface area contributed by atoms with Crippen LogP contribution in [0, 0.1) is 11.6 Å². The highest BCUT2D eigenvalue weighted by Gasteiger charge is 2.31. The average Bonchev–Trinajstić information content (AvgIpc) is 2.97. The molecule has 1 heterocycles. The van der Waals surface area contributed by atoms with Gasteiger partial charge in [-0.15, -0.1) is 0 Å². The van der Waals surface area contributed by atoms with E-state index in [1.165, 1.54) is 40.1 Å². The molecule has 2 aromatic rings. The highest BCUT2D eigenvalue weighted by molar-refractivity contribution is 7.89. The van der Waals surface area contributed by atoms with Gasteiger partial charge in [0.2, 0.25) is 15.9 Å². The Hall–Kier alpha value is -3.05. The molecule has 0 aromatic heterocycles. The van der Waals surface area contributed by atoms with Crippen molar-refractivity contribution in [3.63, 3.8) is 0 Å². The summed E-state index contributed by atoms with van der Waals surface area (Å²) < 4.78 is 48.9. The first-order valence-corrected chi connectivity index (χ1v) is 9.64. The van der Waals surface area contributed by atoms with Gasteiger partial charge < -0.3 is 10.2 Å². The monoisotopic (exact) mass is 410 g/mol. The molecular weight excluding hydrogens is 394 g/mol. The Bertz CT molecular complexity index is 1030. The third-order valence-electron chi connectivity index (χ3n) is 4.11. The molecule has 0 bridgehead atoms. The van der Waals surface area contributed by atoms with Crippen LogP contribution in [0.4, 0.5) is 25.0 Å². The SMILES string of the molecule is NS(=O)(=O)c1ccc(NC(=O)CN2CCN(c3ccc(F)c(F)c3)C2=O)cc1. The van der Waals surface area contributed by atoms with Crippen molar-refractivity contribution in [1.29, 1.82) is 0 Å². The minimum Gasteiger partial charge on any atom is -0.325 e. The minimum atomic E-state index is -3.83. The zero-order chi connectivity index (χ0) is 20.5. The maximum absolute atomic E-state index is 13.4. The molecular formula is C17H16F2N4O4S. The second kappa shape index (κ2) is 7.52. The van der Waals surface area contributed by atoms with Crippen LogP contribution in [-0.2, 0) is 14.8 Å². The molecule has 0 unspecified atom stereocenters. The molecule has 148 valence electrons. The number of carbonyl (C=O) groups is 2. The first-order valence-electron chi connectivity index (χ1n) is 8.09. The Kier molecular flexibility index (Phi) is 5.29. The van der Waals surface area contributed by atoms with E-state index in [4.69, 9.17) is 5.14 Å². The van der Waals surface area contributed by atoms with Crippen molar-refractivity contribution in [3.05, 3.63) is 54.1 Å². The highest BCUT2D eigenvalue weighted by Crippen LogP contribution is 2.22. The van der Waals surface area contributed by atoms with Crippen LogP contribution in [-0.4, -0.2) is 44.9 Å². The van der Waals surface area contributed by atoms with Crippen LogP contribution in [0.1, 0.15) is 0 Å². The number of nitrogens with zero attached hydrogens (tertiary/aromatic N) is 2. The van der Waals surface area contributed by atoms with Crippen LogP contribution in [0.15, 0.2) is 47.4 Å². The standard InChI is InChI=1S/C17H16F2N4O4S/c18-14-6-3-12(9-15(14)19)23-8-7-22(17(23)25)10-16(24)21-11-1-4-13(5-2-11)28(20,26)27/h1-6,9H,7-8,10H2,(H,21,24)(H2,20,26,27). The second-order valence-electron chi connectivity index (χ2n) is 6.07. The molecule has 0 aliphatic carbocycles. The van der Waals surface area contributed by atoms with Crippen molar-refractivity contribution in [2.45, 2.75) is 4.90 Å². The molecule has 11 heteroatoms. The van der Waals surface area contributed by atoms with Crippen LogP contribution in [0.25, 0.3) is 0 Å². The number of primary sulfonamides is 1. The molecule has 1 aliphatic heterocycles. The van der Waals surface area contributed by atoms with Crippen molar-refractivity contribution in [3.8, 4) is 0 Å². The number of nitrogens with one attached hydrogen (secondary N) is 1. The van der Waals surface area contributed by atoms with Gasteiger partial charge in [0, 0.05) is 30.5 Å². The van der Waals surface area contributed by atoms with E-state index in [9.17, 15) is 26.8 Å². The lowest BCUT2D eigenvalue weighted by atomic mass is 10.3. The Morgan fingerprint density at radius 3 is 2.36 bits per heavy atom. The molecule has 0 saturated carbocycles. The van der Waals surface area contributed by atoms with Crippen LogP contribution in [0.2, 0.25) is 0 Å². The molecule has 0 radical (unpaired) electrons. The summed E-state index contributed by atoms with van der Waals surface area (Å²) >= 11 is 0. The fourth-order valence-corrected chi connectivity index (χ4v) is 3.24. The Morgan fingerprint density at radius 2 is 1.75 bits per heavy atom. The topological polar surface area (TPSA) is 113 Å². The molecule has 2 aromatic carbocycles. The number of hydrogen-bond acceptors (Lipinski definition) is 4. The number of nitrogens with two attached hydrogens (primary N) is 1. The van der Waals surface area contributed by atoms with E-state index in [0.29, 0.717) is 5.69 Å². The maximum atomic E-state index is 13.4. The molecule has 3 N–H and O–H groups in total. The largest absolute Gasteiger partial charge is 0.325 e. The summed E-state index contributed by atoms with van der Waals surface area (Å²) in [6.07, 6.45) is 0. The summed E-state index contributed by atoms with van der Waals surface area (Å²) in [6.45, 7) is 0.200. The van der Waals surface area contributed by atoms with Crippen molar-refractivity contribution in [2.75, 3.05) is 29.9 Å². The van der Waals surface area contributed by atoms with Gasteiger partial charge in [0.1, 0.15) is 6.54 Å². The Balaban J connectivity index is 1.62. The number of rotatable bonds is 5. The summed E-state index contributed by atoms with van der Waals surface area (Å²) in [4.78, 5) is 27.0. The second-order valence-corrected chi connectivity index (χ2v) is 7.63. The van der Waals surface area contributed by atoms with Gasteiger partial charge in [0.05, 0.1) is 4.90 Å². The first-order chi connectivity index (χ1) is 13.1. The van der Waals surface area contributed by atoms with E-state index < -0.39 is 33.6 Å². The molecule has 1 fully saturated rings. The fraction of sp³-hybridized carbons (Fsp3) is 0.176. The number of benzene rings is 2. The van der Waals surface area contributed by atoms with Crippen LogP contribution >= 0.6 is 0 Å². The fourth-order valence-electron chi connectivity index (χ4n) is 2.72. The maximum Gasteiger partial charge on any atom is 0.325 e. The molecule has 8 nitrogen and oxygen atoms in total. The van der Waals surface area contributed by atoms with Gasteiger partial charge in [-0.2, -0.15) is 0 Å². The predicted molar refractivity (Wildman–Crippen MR) is 97.1 cm³/mol. The molecule has 28 heavy (non-hydrogen) atoms. The number of urea groups is 1. The van der Waals surface area contributed by atoms with Crippen LogP contribution in [0.3, 0.4) is 0 Å². The Labute approximate surface area is 159 Å². The van der Waals surface area contributed by atoms with E-state index >= 15 is 0 Å². The zero-order valence-electron chi connectivity index (χ0n) is 14.4. The third kappa shape index (κ3) is 4.26. The van der Waals surface area contributed by atoms with E-state index in [2.05, 4.69) is 5.32 Å². The van der Waals surface area contributed by atoms with Crippen molar-refractivity contribution in [2.24, 2.45) is 5.14 Å². The van der Waals surface area contributed by atoms with Crippen molar-refractivity contribution < 1.29 is 26.8 Å². The van der Waals surface area contributed by atoms with Crippen molar-refractivity contribution >= 4 is 33.3 Å². The van der Waals surface area contributed by atoms with E-state index in [1.54, 1.807) is 0 Å². The summed E-state index contributed by atoms with van der Waals surface area (Å²) in [5.74, 6) is -2.58. The van der Waals surface area contributed by atoms with Gasteiger partial charge in [-0.3, -0.25) is 9.69 Å². The van der Waals surface area contributed by atoms with Gasteiger partial charge >= 0.3 is 6.03 Å². The number of sulfonamides is 1. The smallest absolute Gasteiger partial charge is 0.325 e. The van der Waals surface area contributed by atoms with Gasteiger partial charge in [-0.05, 0) is 36.4 Å². The molecule has 1 saturated heterocycles. The van der Waals surface area contributed by atoms with Gasteiger partial charge in [-0.25, -0.2) is 27.1 Å². The minimum absolute atomic E-state index is 0.0950. The number of halogens is 2. The highest BCUT2D eigenvalue weighted by atomic mass is 32.2. The lowest BCUT2D eigenvalue weighted by Gasteiger charge is -2.18. The quantitative estimate of drug-likeness (QED) is 0.778. The van der Waals surface area contributed by atoms with Gasteiger partial charge in [-0.1, -0.05) is 0 Å². The first kappa shape index (κ1) is 19.7. The molecule has 0 atom stereocenters. The lowest BCUT2D eigenvalue weighted by molar-refractivity contribution is -0.116. The van der Waals surface area contributed by atoms with E-state index in [0.717, 1.165) is 12.1 Å². The molecule has 1 aliphatic rings. The summed E-state index contributed by atoms with van der Waals surface area (Å²) in [5.41, 5.74) is 0.534. The van der Waals surface area contributed by atoms with Crippen molar-refractivity contribution in [1.82, 2.24) is 4.90 Å². The third-order valence-corrected chi connectivity index (χ3v) is 5.04. The van der Waals surface area contributed by atoms with Gasteiger partial charge in [0.25, 0.3) is 0 Å². The summed E-state index contributed by atoms with van der Waals surface area (Å²) in [6, 6.07) is 7.86. The molecule has 0 spiro atoms. The summed E-state index contributed by atoms with van der Waals surface area (Å²) in [7, 11) is -3.83. The predicted octanol–water partition coefficient (Wildman–Crippen LogP) is 1.49. The van der Waals surface area contributed by atoms with Crippen LogP contribution in [0.5, 0.6) is 0 Å². The molecule has 3 rings (SSSR count). The number of anilines is 2. The van der Waals surface area contributed by atoms with Crippen LogP contribution < -0.4 is 15.4 Å². The van der Waals surface area contributed by atoms with E-state index in [-0.39, 0.29) is 30.2 Å². The number of amides is 3. The normalized spacial score (nSPS) is 14.5. The van der Waals surface area contributed by atoms with E-state index in [1.807, 2.05) is 0 Å². The number of carbonyl (C=O) groups excluding carboxylic acids is 2. The molecule has 3 amide bonds. The number of hydrogen-bond donors (Lipinski definition) is 2. The summed E-state index contributed by atoms with van der Waals surface area (Å²) in [5, 5.41) is 7.55.